The molecule has 1 aliphatic rings. The Morgan fingerprint density at radius 1 is 1.26 bits per heavy atom. The van der Waals surface area contributed by atoms with Crippen molar-refractivity contribution in [2.45, 2.75) is 65.0 Å². The largest absolute Gasteiger partial charge is 0.367 e. The lowest BCUT2D eigenvalue weighted by molar-refractivity contribution is 0.567. The van der Waals surface area contributed by atoms with Gasteiger partial charge in [0.2, 0.25) is 0 Å². The van der Waals surface area contributed by atoms with Crippen molar-refractivity contribution in [3.63, 3.8) is 0 Å². The summed E-state index contributed by atoms with van der Waals surface area (Å²) < 4.78 is 0. The van der Waals surface area contributed by atoms with Crippen LogP contribution in [0.5, 0.6) is 0 Å². The van der Waals surface area contributed by atoms with Crippen LogP contribution in [0.25, 0.3) is 0 Å². The van der Waals surface area contributed by atoms with E-state index >= 15 is 0 Å². The van der Waals surface area contributed by atoms with E-state index < -0.39 is 0 Å². The molecule has 19 heavy (non-hydrogen) atoms. The van der Waals surface area contributed by atoms with E-state index in [0.717, 1.165) is 18.9 Å². The molecule has 0 amide bonds. The number of hydrogen-bond donors (Lipinski definition) is 2. The Balaban J connectivity index is 2.15. The standard InChI is InChI=1S/C16H27N3/c1-5-8-17-11-12-9-14(16(2,3)4)19-15(10-12)18-13-6-7-13/h9-10,13,17H,5-8,11H2,1-4H3,(H,18,19). The van der Waals surface area contributed by atoms with Crippen LogP contribution in [0.1, 0.15) is 58.2 Å². The highest BCUT2D eigenvalue weighted by molar-refractivity contribution is 5.43. The molecule has 0 saturated heterocycles. The van der Waals surface area contributed by atoms with E-state index in [-0.39, 0.29) is 5.41 Å². The maximum absolute atomic E-state index is 4.77. The first-order valence-electron chi connectivity index (χ1n) is 7.47. The maximum atomic E-state index is 4.77. The summed E-state index contributed by atoms with van der Waals surface area (Å²) in [6.07, 6.45) is 3.74. The Morgan fingerprint density at radius 3 is 2.58 bits per heavy atom. The summed E-state index contributed by atoms with van der Waals surface area (Å²) in [6, 6.07) is 5.08. The zero-order valence-corrected chi connectivity index (χ0v) is 12.7. The summed E-state index contributed by atoms with van der Waals surface area (Å²) in [5.74, 6) is 1.04. The molecule has 2 rings (SSSR count). The number of anilines is 1. The number of hydrogen-bond acceptors (Lipinski definition) is 3. The molecule has 1 aromatic rings. The summed E-state index contributed by atoms with van der Waals surface area (Å²) in [5.41, 5.74) is 2.60. The smallest absolute Gasteiger partial charge is 0.126 e. The Hall–Kier alpha value is -1.09. The first kappa shape index (κ1) is 14.3. The van der Waals surface area contributed by atoms with Crippen LogP contribution in [0.15, 0.2) is 12.1 Å². The first-order chi connectivity index (χ1) is 8.99. The SMILES string of the molecule is CCCNCc1cc(NC2CC2)nc(C(C)(C)C)c1. The molecule has 1 aliphatic carbocycles. The van der Waals surface area contributed by atoms with Crippen molar-refractivity contribution in [2.75, 3.05) is 11.9 Å². The molecule has 0 spiro atoms. The van der Waals surface area contributed by atoms with Gasteiger partial charge >= 0.3 is 0 Å². The van der Waals surface area contributed by atoms with Gasteiger partial charge in [-0.2, -0.15) is 0 Å². The van der Waals surface area contributed by atoms with Crippen molar-refractivity contribution >= 4 is 5.82 Å². The fraction of sp³-hybridized carbons (Fsp3) is 0.688. The second kappa shape index (κ2) is 5.91. The van der Waals surface area contributed by atoms with Gasteiger partial charge in [0.05, 0.1) is 0 Å². The lowest BCUT2D eigenvalue weighted by atomic mass is 9.90. The predicted octanol–water partition coefficient (Wildman–Crippen LogP) is 3.45. The number of nitrogens with zero attached hydrogens (tertiary/aromatic N) is 1. The minimum absolute atomic E-state index is 0.0980. The number of aromatic nitrogens is 1. The quantitative estimate of drug-likeness (QED) is 0.770. The third kappa shape index (κ3) is 4.50. The predicted molar refractivity (Wildman–Crippen MR) is 81.6 cm³/mol. The molecular formula is C16H27N3. The minimum Gasteiger partial charge on any atom is -0.367 e. The van der Waals surface area contributed by atoms with Crippen LogP contribution in [0.3, 0.4) is 0 Å². The summed E-state index contributed by atoms with van der Waals surface area (Å²) in [4.78, 5) is 4.77. The third-order valence-corrected chi connectivity index (χ3v) is 3.34. The van der Waals surface area contributed by atoms with Crippen LogP contribution in [0.4, 0.5) is 5.82 Å². The van der Waals surface area contributed by atoms with Gasteiger partial charge in [-0.15, -0.1) is 0 Å². The van der Waals surface area contributed by atoms with Crippen LogP contribution >= 0.6 is 0 Å². The Kier molecular flexibility index (Phi) is 4.46. The van der Waals surface area contributed by atoms with E-state index in [9.17, 15) is 0 Å². The Bertz CT molecular complexity index is 416. The highest BCUT2D eigenvalue weighted by atomic mass is 15.0. The van der Waals surface area contributed by atoms with Gasteiger partial charge in [-0.1, -0.05) is 27.7 Å². The van der Waals surface area contributed by atoms with Gasteiger partial charge in [0.25, 0.3) is 0 Å². The Labute approximate surface area is 117 Å². The van der Waals surface area contributed by atoms with Gasteiger partial charge in [-0.3, -0.25) is 0 Å². The molecule has 1 saturated carbocycles. The van der Waals surface area contributed by atoms with Crippen molar-refractivity contribution in [3.8, 4) is 0 Å². The van der Waals surface area contributed by atoms with E-state index in [0.29, 0.717) is 6.04 Å². The van der Waals surface area contributed by atoms with Crippen LogP contribution in [0.2, 0.25) is 0 Å². The number of rotatable bonds is 6. The summed E-state index contributed by atoms with van der Waals surface area (Å²) >= 11 is 0. The van der Waals surface area contributed by atoms with Gasteiger partial charge < -0.3 is 10.6 Å². The highest BCUT2D eigenvalue weighted by Crippen LogP contribution is 2.27. The zero-order valence-electron chi connectivity index (χ0n) is 12.7. The third-order valence-electron chi connectivity index (χ3n) is 3.34. The molecule has 3 heteroatoms. The molecule has 2 N–H and O–H groups in total. The van der Waals surface area contributed by atoms with E-state index in [2.05, 4.69) is 50.5 Å². The van der Waals surface area contributed by atoms with Crippen molar-refractivity contribution in [3.05, 3.63) is 23.4 Å². The Morgan fingerprint density at radius 2 is 2.00 bits per heavy atom. The first-order valence-corrected chi connectivity index (χ1v) is 7.47. The number of pyridine rings is 1. The van der Waals surface area contributed by atoms with Gasteiger partial charge in [-0.05, 0) is 43.5 Å². The van der Waals surface area contributed by atoms with Crippen LogP contribution in [0, 0.1) is 0 Å². The van der Waals surface area contributed by atoms with E-state index in [4.69, 9.17) is 4.98 Å². The van der Waals surface area contributed by atoms with Gasteiger partial charge in [0, 0.05) is 23.7 Å². The monoisotopic (exact) mass is 261 g/mol. The van der Waals surface area contributed by atoms with E-state index in [1.165, 1.54) is 30.5 Å². The second-order valence-corrected chi connectivity index (χ2v) is 6.59. The summed E-state index contributed by atoms with van der Waals surface area (Å²) in [6.45, 7) is 10.9. The van der Waals surface area contributed by atoms with Gasteiger partial charge in [0.1, 0.15) is 5.82 Å². The molecule has 0 aliphatic heterocycles. The molecule has 1 aromatic heterocycles. The van der Waals surface area contributed by atoms with Crippen molar-refractivity contribution in [2.24, 2.45) is 0 Å². The summed E-state index contributed by atoms with van der Waals surface area (Å²) in [7, 11) is 0. The van der Waals surface area contributed by atoms with E-state index in [1.807, 2.05) is 0 Å². The maximum Gasteiger partial charge on any atom is 0.126 e. The van der Waals surface area contributed by atoms with Crippen molar-refractivity contribution in [1.82, 2.24) is 10.3 Å². The molecule has 1 fully saturated rings. The molecule has 106 valence electrons. The van der Waals surface area contributed by atoms with Crippen LogP contribution in [-0.2, 0) is 12.0 Å². The van der Waals surface area contributed by atoms with Crippen molar-refractivity contribution in [1.29, 1.82) is 0 Å². The van der Waals surface area contributed by atoms with Gasteiger partial charge in [-0.25, -0.2) is 4.98 Å². The average molecular weight is 261 g/mol. The lowest BCUT2D eigenvalue weighted by Gasteiger charge is -2.20. The van der Waals surface area contributed by atoms with Gasteiger partial charge in [0.15, 0.2) is 0 Å². The molecule has 0 unspecified atom stereocenters. The van der Waals surface area contributed by atoms with Crippen molar-refractivity contribution < 1.29 is 0 Å². The van der Waals surface area contributed by atoms with E-state index in [1.54, 1.807) is 0 Å². The molecule has 0 aromatic carbocycles. The fourth-order valence-electron chi connectivity index (χ4n) is 1.99. The lowest BCUT2D eigenvalue weighted by Crippen LogP contribution is -2.18. The highest BCUT2D eigenvalue weighted by Gasteiger charge is 2.23. The molecule has 0 atom stereocenters. The van der Waals surface area contributed by atoms with Crippen LogP contribution in [-0.4, -0.2) is 17.6 Å². The molecular weight excluding hydrogens is 234 g/mol. The normalized spacial score (nSPS) is 15.6. The average Bonchev–Trinajstić information content (AvgIpc) is 3.12. The molecule has 0 radical (unpaired) electrons. The molecule has 3 nitrogen and oxygen atoms in total. The number of nitrogens with one attached hydrogen (secondary N) is 2. The zero-order chi connectivity index (χ0) is 13.9. The minimum atomic E-state index is 0.0980. The molecule has 0 bridgehead atoms. The van der Waals surface area contributed by atoms with Crippen LogP contribution < -0.4 is 10.6 Å². The molecule has 1 heterocycles. The fourth-order valence-corrected chi connectivity index (χ4v) is 1.99. The second-order valence-electron chi connectivity index (χ2n) is 6.59. The topological polar surface area (TPSA) is 37.0 Å². The summed E-state index contributed by atoms with van der Waals surface area (Å²) in [5, 5.41) is 6.99.